The van der Waals surface area contributed by atoms with E-state index in [0.29, 0.717) is 12.5 Å². The first-order chi connectivity index (χ1) is 14.6. The molecular weight excluding hydrogens is 455 g/mol. The SMILES string of the molecule is CN(C)CCO.CN(C)CCOc1ccc([N+](=O)[O-])cn1.O=[N+]([O-])c1ccc(Cl)nc1.[H-].[Na+]. The Morgan fingerprint density at radius 1 is 0.969 bits per heavy atom. The molecule has 0 aromatic carbocycles. The maximum Gasteiger partial charge on any atom is 1.00 e. The van der Waals surface area contributed by atoms with Crippen LogP contribution >= 0.6 is 11.6 Å². The molecule has 2 rings (SSSR count). The molecule has 0 bridgehead atoms. The molecule has 12 nitrogen and oxygen atoms in total. The molecule has 0 fully saturated rings. The predicted octanol–water partition coefficient (Wildman–Crippen LogP) is -0.770. The van der Waals surface area contributed by atoms with Crippen LogP contribution in [0.2, 0.25) is 5.15 Å². The summed E-state index contributed by atoms with van der Waals surface area (Å²) in [4.78, 5) is 30.6. The fourth-order valence-corrected chi connectivity index (χ4v) is 1.69. The monoisotopic (exact) mass is 482 g/mol. The van der Waals surface area contributed by atoms with E-state index < -0.39 is 9.85 Å². The number of aliphatic hydroxyl groups is 1. The zero-order valence-corrected chi connectivity index (χ0v) is 21.6. The van der Waals surface area contributed by atoms with Gasteiger partial charge in [0.1, 0.15) is 24.2 Å². The van der Waals surface area contributed by atoms with Crippen molar-refractivity contribution in [2.24, 2.45) is 0 Å². The van der Waals surface area contributed by atoms with E-state index in [1.54, 1.807) is 0 Å². The van der Waals surface area contributed by atoms with Gasteiger partial charge in [-0.3, -0.25) is 20.2 Å². The van der Waals surface area contributed by atoms with E-state index in [4.69, 9.17) is 21.4 Å². The van der Waals surface area contributed by atoms with E-state index in [1.165, 1.54) is 30.5 Å². The van der Waals surface area contributed by atoms with Gasteiger partial charge < -0.3 is 21.1 Å². The average Bonchev–Trinajstić information content (AvgIpc) is 2.69. The summed E-state index contributed by atoms with van der Waals surface area (Å²) in [7, 11) is 7.73. The van der Waals surface area contributed by atoms with Crippen LogP contribution in [0.4, 0.5) is 11.4 Å². The number of aromatic nitrogens is 2. The molecule has 0 amide bonds. The van der Waals surface area contributed by atoms with Gasteiger partial charge in [-0.1, -0.05) is 11.6 Å². The van der Waals surface area contributed by atoms with Gasteiger partial charge in [0.15, 0.2) is 0 Å². The predicted molar refractivity (Wildman–Crippen MR) is 118 cm³/mol. The number of ether oxygens (including phenoxy) is 1. The van der Waals surface area contributed by atoms with Crippen molar-refractivity contribution in [1.29, 1.82) is 0 Å². The van der Waals surface area contributed by atoms with Crippen LogP contribution in [-0.4, -0.2) is 89.2 Å². The van der Waals surface area contributed by atoms with Gasteiger partial charge in [0, 0.05) is 31.3 Å². The summed E-state index contributed by atoms with van der Waals surface area (Å²) in [6, 6.07) is 5.54. The fourth-order valence-electron chi connectivity index (χ4n) is 1.57. The molecule has 0 aliphatic heterocycles. The largest absolute Gasteiger partial charge is 1.00 e. The van der Waals surface area contributed by atoms with Crippen molar-refractivity contribution in [3.8, 4) is 5.88 Å². The first-order valence-electron chi connectivity index (χ1n) is 8.96. The third-order valence-corrected chi connectivity index (χ3v) is 3.41. The van der Waals surface area contributed by atoms with Gasteiger partial charge in [0.05, 0.1) is 16.5 Å². The van der Waals surface area contributed by atoms with Crippen LogP contribution in [0.5, 0.6) is 5.88 Å². The summed E-state index contributed by atoms with van der Waals surface area (Å²) >= 11 is 5.38. The number of hydrogen-bond donors (Lipinski definition) is 1. The Bertz CT molecular complexity index is 787. The molecule has 0 saturated carbocycles. The molecule has 32 heavy (non-hydrogen) atoms. The average molecular weight is 483 g/mol. The van der Waals surface area contributed by atoms with Gasteiger partial charge >= 0.3 is 29.6 Å². The van der Waals surface area contributed by atoms with Crippen LogP contribution < -0.4 is 34.3 Å². The normalized spacial score (nSPS) is 9.62. The van der Waals surface area contributed by atoms with Gasteiger partial charge in [-0.25, -0.2) is 9.97 Å². The van der Waals surface area contributed by atoms with Crippen molar-refractivity contribution in [3.63, 3.8) is 0 Å². The second kappa shape index (κ2) is 18.6. The van der Waals surface area contributed by atoms with Crippen LogP contribution in [0, 0.1) is 20.2 Å². The summed E-state index contributed by atoms with van der Waals surface area (Å²) in [6.45, 7) is 2.31. The zero-order chi connectivity index (χ0) is 23.8. The van der Waals surface area contributed by atoms with Gasteiger partial charge in [0.25, 0.3) is 11.4 Å². The third-order valence-electron chi connectivity index (χ3n) is 3.19. The molecule has 0 atom stereocenters. The number of hydrogen-bond acceptors (Lipinski definition) is 10. The molecule has 0 spiro atoms. The summed E-state index contributed by atoms with van der Waals surface area (Å²) < 4.78 is 5.28. The molecule has 1 N–H and O–H groups in total. The minimum Gasteiger partial charge on any atom is -1.00 e. The molecular formula is C18H28ClN6NaO6. The van der Waals surface area contributed by atoms with E-state index in [2.05, 4.69) is 9.97 Å². The maximum atomic E-state index is 10.3. The molecule has 2 aromatic heterocycles. The summed E-state index contributed by atoms with van der Waals surface area (Å²) in [6.07, 6.45) is 2.30. The van der Waals surface area contributed by atoms with Gasteiger partial charge in [0.2, 0.25) is 5.88 Å². The Balaban J connectivity index is -0.000000436. The fraction of sp³-hybridized carbons (Fsp3) is 0.444. The maximum absolute atomic E-state index is 10.3. The van der Waals surface area contributed by atoms with Crippen molar-refractivity contribution < 1.29 is 50.7 Å². The van der Waals surface area contributed by atoms with Crippen molar-refractivity contribution in [1.82, 2.24) is 19.8 Å². The minimum absolute atomic E-state index is 0. The molecule has 0 aliphatic rings. The summed E-state index contributed by atoms with van der Waals surface area (Å²) in [5.74, 6) is 0.405. The van der Waals surface area contributed by atoms with Gasteiger partial charge in [-0.05, 0) is 34.3 Å². The van der Waals surface area contributed by atoms with Gasteiger partial charge in [-0.2, -0.15) is 0 Å². The quantitative estimate of drug-likeness (QED) is 0.220. The first-order valence-corrected chi connectivity index (χ1v) is 9.34. The third kappa shape index (κ3) is 16.7. The van der Waals surface area contributed by atoms with Crippen LogP contribution in [0.15, 0.2) is 36.7 Å². The molecule has 0 unspecified atom stereocenters. The van der Waals surface area contributed by atoms with Crippen LogP contribution in [0.3, 0.4) is 0 Å². The van der Waals surface area contributed by atoms with Crippen molar-refractivity contribution in [3.05, 3.63) is 62.0 Å². The summed E-state index contributed by atoms with van der Waals surface area (Å²) in [5.41, 5.74) is -0.0839. The molecule has 0 aliphatic carbocycles. The molecule has 2 aromatic rings. The smallest absolute Gasteiger partial charge is 1.00 e. The second-order valence-electron chi connectivity index (χ2n) is 6.39. The number of halogens is 1. The molecule has 0 saturated heterocycles. The standard InChI is InChI=1S/C9H13N3O3.C5H3ClN2O2.C4H11NO.Na.H/c1-11(2)5-6-15-9-4-3-8(7-10-9)12(13)14;6-5-2-1-4(3-7-5)8(9)10;1-5(2)3-4-6;;/h3-4,7H,5-6H2,1-2H3;1-3H;6H,3-4H2,1-2H3;;/q;;;+1;-1. The van der Waals surface area contributed by atoms with Crippen LogP contribution in [0.1, 0.15) is 1.43 Å². The summed E-state index contributed by atoms with van der Waals surface area (Å²) in [5, 5.41) is 28.8. The number of nitro groups is 2. The number of pyridine rings is 2. The Labute approximate surface area is 215 Å². The molecule has 2 heterocycles. The van der Waals surface area contributed by atoms with Crippen molar-refractivity contribution in [2.45, 2.75) is 0 Å². The Kier molecular flexibility index (Phi) is 18.8. The van der Waals surface area contributed by atoms with Crippen LogP contribution in [0.25, 0.3) is 0 Å². The minimum atomic E-state index is -0.524. The van der Waals surface area contributed by atoms with E-state index in [9.17, 15) is 20.2 Å². The van der Waals surface area contributed by atoms with E-state index in [-0.39, 0.29) is 54.1 Å². The number of nitrogens with zero attached hydrogens (tertiary/aromatic N) is 6. The van der Waals surface area contributed by atoms with E-state index in [0.717, 1.165) is 19.3 Å². The van der Waals surface area contributed by atoms with E-state index >= 15 is 0 Å². The Hall–Kier alpha value is -1.93. The topological polar surface area (TPSA) is 148 Å². The second-order valence-corrected chi connectivity index (χ2v) is 6.77. The van der Waals surface area contributed by atoms with E-state index in [1.807, 2.05) is 38.0 Å². The number of likely N-dealkylation sites (N-methyl/N-ethyl adjacent to an activating group) is 2. The first kappa shape index (κ1) is 32.3. The number of rotatable bonds is 8. The molecule has 0 radical (unpaired) electrons. The molecule has 174 valence electrons. The van der Waals surface area contributed by atoms with Crippen molar-refractivity contribution >= 4 is 23.0 Å². The van der Waals surface area contributed by atoms with Crippen molar-refractivity contribution in [2.75, 3.05) is 54.5 Å². The Morgan fingerprint density at radius 2 is 1.47 bits per heavy atom. The Morgan fingerprint density at radius 3 is 1.78 bits per heavy atom. The molecule has 14 heteroatoms. The van der Waals surface area contributed by atoms with Crippen LogP contribution in [-0.2, 0) is 0 Å². The van der Waals surface area contributed by atoms with Gasteiger partial charge in [-0.15, -0.1) is 0 Å². The number of aliphatic hydroxyl groups excluding tert-OH is 1. The zero-order valence-electron chi connectivity index (χ0n) is 19.8.